The Hall–Kier alpha value is -3.09. The molecule has 1 aliphatic rings. The third kappa shape index (κ3) is 4.72. The number of nitrogens with one attached hydrogen (secondary N) is 2. The minimum Gasteiger partial charge on any atom is -0.455 e. The van der Waals surface area contributed by atoms with Gasteiger partial charge in [0.25, 0.3) is 0 Å². The van der Waals surface area contributed by atoms with Gasteiger partial charge < -0.3 is 20.3 Å². The van der Waals surface area contributed by atoms with Crippen molar-refractivity contribution in [2.45, 2.75) is 12.8 Å². The number of amides is 3. The number of nitrogens with zero attached hydrogens (tertiary/aromatic N) is 1. The van der Waals surface area contributed by atoms with Crippen LogP contribution in [0.25, 0.3) is 0 Å². The van der Waals surface area contributed by atoms with Crippen molar-refractivity contribution in [2.75, 3.05) is 25.0 Å². The van der Waals surface area contributed by atoms with E-state index in [1.165, 1.54) is 18.2 Å². The van der Waals surface area contributed by atoms with Crippen LogP contribution in [0.2, 0.25) is 0 Å². The van der Waals surface area contributed by atoms with Crippen molar-refractivity contribution >= 4 is 17.6 Å². The molecule has 0 unspecified atom stereocenters. The predicted molar refractivity (Wildman–Crippen MR) is 95.8 cm³/mol. The van der Waals surface area contributed by atoms with E-state index in [4.69, 9.17) is 4.74 Å². The van der Waals surface area contributed by atoms with Gasteiger partial charge in [0.05, 0.1) is 12.2 Å². The van der Waals surface area contributed by atoms with Crippen LogP contribution in [-0.4, -0.2) is 36.5 Å². The molecule has 0 atom stereocenters. The molecule has 2 aromatic carbocycles. The zero-order valence-electron chi connectivity index (χ0n) is 14.2. The number of likely N-dealkylation sites (tertiary alicyclic amines) is 1. The van der Waals surface area contributed by atoms with Crippen LogP contribution in [0.3, 0.4) is 0 Å². The summed E-state index contributed by atoms with van der Waals surface area (Å²) in [6.45, 7) is 1.43. The molecule has 3 amide bonds. The number of rotatable bonds is 5. The molecule has 26 heavy (non-hydrogen) atoms. The molecular weight excluding hydrogens is 337 g/mol. The average Bonchev–Trinajstić information content (AvgIpc) is 3.16. The summed E-state index contributed by atoms with van der Waals surface area (Å²) < 4.78 is 18.9. The van der Waals surface area contributed by atoms with Gasteiger partial charge in [-0.3, -0.25) is 4.79 Å². The highest BCUT2D eigenvalue weighted by molar-refractivity contribution is 5.93. The van der Waals surface area contributed by atoms with Gasteiger partial charge in [-0.25, -0.2) is 9.18 Å². The molecule has 136 valence electrons. The molecule has 3 rings (SSSR count). The molecule has 2 aromatic rings. The van der Waals surface area contributed by atoms with Crippen LogP contribution in [0.5, 0.6) is 11.5 Å². The van der Waals surface area contributed by atoms with Gasteiger partial charge in [0.2, 0.25) is 5.91 Å². The number of ether oxygens (including phenoxy) is 1. The fourth-order valence-electron chi connectivity index (χ4n) is 2.72. The Morgan fingerprint density at radius 3 is 2.62 bits per heavy atom. The van der Waals surface area contributed by atoms with Gasteiger partial charge in [-0.15, -0.1) is 0 Å². The van der Waals surface area contributed by atoms with Crippen molar-refractivity contribution in [3.8, 4) is 11.5 Å². The minimum absolute atomic E-state index is 0.0568. The van der Waals surface area contributed by atoms with Gasteiger partial charge in [0.1, 0.15) is 11.6 Å². The monoisotopic (exact) mass is 357 g/mol. The van der Waals surface area contributed by atoms with Crippen LogP contribution >= 0.6 is 0 Å². The SMILES string of the molecule is O=C(NCC(=O)N1CCCC1)Nc1ccccc1Oc1cccc(F)c1. The minimum atomic E-state index is -0.507. The first-order valence-electron chi connectivity index (χ1n) is 8.47. The Labute approximate surface area is 150 Å². The molecule has 1 aliphatic heterocycles. The highest BCUT2D eigenvalue weighted by Gasteiger charge is 2.18. The van der Waals surface area contributed by atoms with E-state index in [0.29, 0.717) is 17.2 Å². The van der Waals surface area contributed by atoms with Crippen LogP contribution < -0.4 is 15.4 Å². The van der Waals surface area contributed by atoms with Gasteiger partial charge in [-0.1, -0.05) is 18.2 Å². The van der Waals surface area contributed by atoms with Crippen molar-refractivity contribution < 1.29 is 18.7 Å². The van der Waals surface area contributed by atoms with Crippen LogP contribution in [0.1, 0.15) is 12.8 Å². The summed E-state index contributed by atoms with van der Waals surface area (Å²) >= 11 is 0. The number of hydrogen-bond donors (Lipinski definition) is 2. The summed E-state index contributed by atoms with van der Waals surface area (Å²) in [6, 6.07) is 12.0. The molecule has 1 saturated heterocycles. The Kier molecular flexibility index (Phi) is 5.68. The Balaban J connectivity index is 1.58. The van der Waals surface area contributed by atoms with E-state index in [1.54, 1.807) is 35.2 Å². The zero-order valence-corrected chi connectivity index (χ0v) is 14.2. The summed E-state index contributed by atoms with van der Waals surface area (Å²) in [5.74, 6) is 0.191. The van der Waals surface area contributed by atoms with E-state index in [9.17, 15) is 14.0 Å². The first kappa shape index (κ1) is 17.7. The summed E-state index contributed by atoms with van der Waals surface area (Å²) in [5.41, 5.74) is 0.419. The second-order valence-corrected chi connectivity index (χ2v) is 5.95. The molecule has 0 aromatic heterocycles. The van der Waals surface area contributed by atoms with E-state index < -0.39 is 11.8 Å². The topological polar surface area (TPSA) is 70.7 Å². The van der Waals surface area contributed by atoms with Crippen LogP contribution in [0.4, 0.5) is 14.9 Å². The summed E-state index contributed by atoms with van der Waals surface area (Å²) in [6.07, 6.45) is 2.01. The maximum atomic E-state index is 13.3. The molecule has 0 radical (unpaired) electrons. The average molecular weight is 357 g/mol. The lowest BCUT2D eigenvalue weighted by atomic mass is 10.3. The van der Waals surface area contributed by atoms with Crippen LogP contribution in [0.15, 0.2) is 48.5 Å². The number of para-hydroxylation sites is 2. The second kappa shape index (κ2) is 8.33. The summed E-state index contributed by atoms with van der Waals surface area (Å²) in [5, 5.41) is 5.20. The predicted octanol–water partition coefficient (Wildman–Crippen LogP) is 3.36. The van der Waals surface area contributed by atoms with Crippen molar-refractivity contribution in [1.29, 1.82) is 0 Å². The molecular formula is C19H20FN3O3. The highest BCUT2D eigenvalue weighted by Crippen LogP contribution is 2.29. The van der Waals surface area contributed by atoms with E-state index >= 15 is 0 Å². The number of halogens is 1. The quantitative estimate of drug-likeness (QED) is 0.862. The largest absolute Gasteiger partial charge is 0.455 e. The fourth-order valence-corrected chi connectivity index (χ4v) is 2.72. The van der Waals surface area contributed by atoms with Gasteiger partial charge in [0.15, 0.2) is 5.75 Å². The molecule has 0 bridgehead atoms. The standard InChI is InChI=1S/C19H20FN3O3/c20-14-6-5-7-15(12-14)26-17-9-2-1-8-16(17)22-19(25)21-13-18(24)23-10-3-4-11-23/h1-2,5-9,12H,3-4,10-11,13H2,(H2,21,22,25). The van der Waals surface area contributed by atoms with Gasteiger partial charge in [-0.2, -0.15) is 0 Å². The number of carbonyl (C=O) groups is 2. The molecule has 2 N–H and O–H groups in total. The molecule has 0 spiro atoms. The van der Waals surface area contributed by atoms with Crippen molar-refractivity contribution in [3.05, 3.63) is 54.3 Å². The maximum Gasteiger partial charge on any atom is 0.319 e. The van der Waals surface area contributed by atoms with Crippen LogP contribution in [-0.2, 0) is 4.79 Å². The number of benzene rings is 2. The van der Waals surface area contributed by atoms with Crippen molar-refractivity contribution in [3.63, 3.8) is 0 Å². The van der Waals surface area contributed by atoms with Crippen molar-refractivity contribution in [1.82, 2.24) is 10.2 Å². The van der Waals surface area contributed by atoms with E-state index in [0.717, 1.165) is 25.9 Å². The first-order chi connectivity index (χ1) is 12.6. The van der Waals surface area contributed by atoms with Gasteiger partial charge >= 0.3 is 6.03 Å². The number of urea groups is 1. The molecule has 7 heteroatoms. The molecule has 6 nitrogen and oxygen atoms in total. The van der Waals surface area contributed by atoms with Crippen molar-refractivity contribution in [2.24, 2.45) is 0 Å². The lowest BCUT2D eigenvalue weighted by molar-refractivity contribution is -0.128. The number of carbonyl (C=O) groups excluding carboxylic acids is 2. The fraction of sp³-hybridized carbons (Fsp3) is 0.263. The number of hydrogen-bond acceptors (Lipinski definition) is 3. The normalized spacial score (nSPS) is 13.3. The first-order valence-corrected chi connectivity index (χ1v) is 8.47. The zero-order chi connectivity index (χ0) is 18.4. The third-order valence-corrected chi connectivity index (χ3v) is 4.02. The third-order valence-electron chi connectivity index (χ3n) is 4.02. The van der Waals surface area contributed by atoms with E-state index in [-0.39, 0.29) is 12.5 Å². The highest BCUT2D eigenvalue weighted by atomic mass is 19.1. The maximum absolute atomic E-state index is 13.3. The Morgan fingerprint density at radius 2 is 1.85 bits per heavy atom. The second-order valence-electron chi connectivity index (χ2n) is 5.95. The van der Waals surface area contributed by atoms with Gasteiger partial charge in [-0.05, 0) is 37.1 Å². The molecule has 0 aliphatic carbocycles. The Morgan fingerprint density at radius 1 is 1.08 bits per heavy atom. The molecule has 1 heterocycles. The summed E-state index contributed by atoms with van der Waals surface area (Å²) in [7, 11) is 0. The number of anilines is 1. The molecule has 0 saturated carbocycles. The lowest BCUT2D eigenvalue weighted by Gasteiger charge is -2.16. The molecule has 1 fully saturated rings. The Bertz CT molecular complexity index is 791. The van der Waals surface area contributed by atoms with E-state index in [1.807, 2.05) is 0 Å². The van der Waals surface area contributed by atoms with Gasteiger partial charge in [0, 0.05) is 19.2 Å². The smallest absolute Gasteiger partial charge is 0.319 e. The van der Waals surface area contributed by atoms with Crippen LogP contribution in [0, 0.1) is 5.82 Å². The summed E-state index contributed by atoms with van der Waals surface area (Å²) in [4.78, 5) is 25.8. The van der Waals surface area contributed by atoms with E-state index in [2.05, 4.69) is 10.6 Å². The lowest BCUT2D eigenvalue weighted by Crippen LogP contribution is -2.40.